The maximum atomic E-state index is 12.0. The summed E-state index contributed by atoms with van der Waals surface area (Å²) < 4.78 is 13.3. The lowest BCUT2D eigenvalue weighted by molar-refractivity contribution is -0.126. The zero-order chi connectivity index (χ0) is 30.6. The highest BCUT2D eigenvalue weighted by atomic mass is 35.5. The van der Waals surface area contributed by atoms with Gasteiger partial charge in [-0.1, -0.05) is 24.2 Å². The van der Waals surface area contributed by atoms with Crippen molar-refractivity contribution >= 4 is 45.6 Å². The van der Waals surface area contributed by atoms with Crippen LogP contribution in [0.2, 0.25) is 5.02 Å². The highest BCUT2D eigenvalue weighted by molar-refractivity contribution is 6.32. The molecule has 2 aromatic carbocycles. The Morgan fingerprint density at radius 1 is 1.07 bits per heavy atom. The number of anilines is 3. The van der Waals surface area contributed by atoms with Crippen LogP contribution in [0.3, 0.4) is 0 Å². The molecule has 0 radical (unpaired) electrons. The first kappa shape index (κ1) is 28.9. The second-order valence-corrected chi connectivity index (χ2v) is 10.8. The van der Waals surface area contributed by atoms with Gasteiger partial charge >= 0.3 is 0 Å². The summed E-state index contributed by atoms with van der Waals surface area (Å²) in [7, 11) is 1.63. The van der Waals surface area contributed by atoms with Gasteiger partial charge in [0, 0.05) is 54.7 Å². The normalized spacial score (nSPS) is 13.5. The minimum Gasteiger partial charge on any atom is -0.495 e. The van der Waals surface area contributed by atoms with Crippen molar-refractivity contribution in [3.8, 4) is 23.2 Å². The van der Waals surface area contributed by atoms with Crippen molar-refractivity contribution in [1.29, 1.82) is 0 Å². The van der Waals surface area contributed by atoms with E-state index < -0.39 is 0 Å². The first-order chi connectivity index (χ1) is 21.4. The van der Waals surface area contributed by atoms with Gasteiger partial charge in [0.25, 0.3) is 0 Å². The fraction of sp³-hybridized carbons (Fsp3) is 0.219. The van der Waals surface area contributed by atoms with E-state index in [0.717, 1.165) is 40.7 Å². The van der Waals surface area contributed by atoms with E-state index in [1.165, 1.54) is 12.4 Å². The fourth-order valence-corrected chi connectivity index (χ4v) is 5.27. The summed E-state index contributed by atoms with van der Waals surface area (Å²) in [5.74, 6) is 2.80. The van der Waals surface area contributed by atoms with Crippen molar-refractivity contribution in [3.63, 3.8) is 0 Å². The molecule has 0 atom stereocenters. The number of methoxy groups -OCH3 is 1. The lowest BCUT2D eigenvalue weighted by atomic mass is 10.0. The maximum absolute atomic E-state index is 12.0. The van der Waals surface area contributed by atoms with Crippen LogP contribution in [0.4, 0.5) is 17.2 Å². The number of ether oxygens (including phenoxy) is 2. The molecule has 1 fully saturated rings. The standard InChI is InChI=1S/C32H31ClN8O3/c1-4-31(42)40-12-9-21(10-13-40)37-26-16-23-25(17-28(26)43-3)35-19-36-32(23)38-22-6-7-27(24(33)15-22)44-30-11-14-41(39-30)29-8-5-20(2)18-34-29/h4-8,11,14-19,21,37H,1,9-10,12-13H2,2-3H3,(H,35,36,38). The predicted molar refractivity (Wildman–Crippen MR) is 170 cm³/mol. The van der Waals surface area contributed by atoms with Crippen LogP contribution < -0.4 is 20.1 Å². The Balaban J connectivity index is 1.18. The summed E-state index contributed by atoms with van der Waals surface area (Å²) >= 11 is 6.62. The van der Waals surface area contributed by atoms with Gasteiger partial charge in [0.15, 0.2) is 5.82 Å². The van der Waals surface area contributed by atoms with Gasteiger partial charge in [-0.25, -0.2) is 19.6 Å². The van der Waals surface area contributed by atoms with Gasteiger partial charge in [-0.05, 0) is 61.7 Å². The highest BCUT2D eigenvalue weighted by Crippen LogP contribution is 2.36. The Morgan fingerprint density at radius 2 is 1.91 bits per heavy atom. The highest BCUT2D eigenvalue weighted by Gasteiger charge is 2.22. The Labute approximate surface area is 259 Å². The van der Waals surface area contributed by atoms with Crippen LogP contribution in [0, 0.1) is 6.92 Å². The average Bonchev–Trinajstić information content (AvgIpc) is 3.51. The second-order valence-electron chi connectivity index (χ2n) is 10.4. The van der Waals surface area contributed by atoms with Gasteiger partial charge in [-0.3, -0.25) is 4.79 Å². The molecule has 224 valence electrons. The first-order valence-corrected chi connectivity index (χ1v) is 14.5. The van der Waals surface area contributed by atoms with Crippen LogP contribution in [0.1, 0.15) is 18.4 Å². The topological polar surface area (TPSA) is 119 Å². The molecule has 6 rings (SSSR count). The summed E-state index contributed by atoms with van der Waals surface area (Å²) in [4.78, 5) is 27.1. The molecule has 2 N–H and O–H groups in total. The molecule has 0 saturated carbocycles. The van der Waals surface area contributed by atoms with Crippen LogP contribution in [0.25, 0.3) is 16.7 Å². The van der Waals surface area contributed by atoms with Crippen LogP contribution in [0.15, 0.2) is 79.9 Å². The van der Waals surface area contributed by atoms with E-state index in [2.05, 4.69) is 37.3 Å². The molecule has 12 heteroatoms. The fourth-order valence-electron chi connectivity index (χ4n) is 5.05. The SMILES string of the molecule is C=CC(=O)N1CCC(Nc2cc3c(Nc4ccc(Oc5ccn(-c6ccc(C)cn6)n5)c(Cl)c4)ncnc3cc2OC)CC1. The number of hydrogen-bond donors (Lipinski definition) is 2. The molecule has 0 aliphatic carbocycles. The minimum absolute atomic E-state index is 0.0364. The summed E-state index contributed by atoms with van der Waals surface area (Å²) in [6.07, 6.45) is 8.06. The van der Waals surface area contributed by atoms with E-state index in [-0.39, 0.29) is 11.9 Å². The van der Waals surface area contributed by atoms with Crippen LogP contribution >= 0.6 is 11.6 Å². The molecule has 3 aromatic heterocycles. The number of carbonyl (C=O) groups excluding carboxylic acids is 1. The average molecular weight is 611 g/mol. The first-order valence-electron chi connectivity index (χ1n) is 14.1. The van der Waals surface area contributed by atoms with Crippen LogP contribution in [-0.2, 0) is 4.79 Å². The number of nitrogens with one attached hydrogen (secondary N) is 2. The van der Waals surface area contributed by atoms with Crippen molar-refractivity contribution in [2.45, 2.75) is 25.8 Å². The van der Waals surface area contributed by atoms with Crippen LogP contribution in [0.5, 0.6) is 17.4 Å². The van der Waals surface area contributed by atoms with E-state index in [0.29, 0.717) is 47.1 Å². The lowest BCUT2D eigenvalue weighted by Gasteiger charge is -2.32. The molecule has 5 aromatic rings. The third-order valence-corrected chi connectivity index (χ3v) is 7.70. The van der Waals surface area contributed by atoms with Gasteiger partial charge in [-0.15, -0.1) is 5.10 Å². The summed E-state index contributed by atoms with van der Waals surface area (Å²) in [6.45, 7) is 6.91. The molecule has 11 nitrogen and oxygen atoms in total. The molecule has 1 saturated heterocycles. The number of nitrogens with zero attached hydrogens (tertiary/aromatic N) is 6. The van der Waals surface area contributed by atoms with E-state index in [1.54, 1.807) is 42.4 Å². The molecular weight excluding hydrogens is 580 g/mol. The molecule has 4 heterocycles. The number of halogens is 1. The zero-order valence-corrected chi connectivity index (χ0v) is 25.1. The minimum atomic E-state index is -0.0364. The molecule has 0 bridgehead atoms. The number of amides is 1. The molecule has 0 unspecified atom stereocenters. The Hall–Kier alpha value is -5.16. The maximum Gasteiger partial charge on any atom is 0.245 e. The Bertz CT molecular complexity index is 1820. The number of likely N-dealkylation sites (tertiary alicyclic amines) is 1. The van der Waals surface area contributed by atoms with E-state index in [9.17, 15) is 4.79 Å². The van der Waals surface area contributed by atoms with Crippen LogP contribution in [-0.4, -0.2) is 61.8 Å². The second kappa shape index (κ2) is 12.6. The van der Waals surface area contributed by atoms with E-state index >= 15 is 0 Å². The number of benzene rings is 2. The Morgan fingerprint density at radius 3 is 2.64 bits per heavy atom. The summed E-state index contributed by atoms with van der Waals surface area (Å²) in [5.41, 5.74) is 3.34. The third kappa shape index (κ3) is 6.28. The lowest BCUT2D eigenvalue weighted by Crippen LogP contribution is -2.41. The molecular formula is C32H31ClN8O3. The molecule has 1 aliphatic rings. The third-order valence-electron chi connectivity index (χ3n) is 7.40. The van der Waals surface area contributed by atoms with Crippen molar-refractivity contribution in [1.82, 2.24) is 29.6 Å². The number of rotatable bonds is 9. The van der Waals surface area contributed by atoms with Gasteiger partial charge < -0.3 is 25.0 Å². The molecule has 1 amide bonds. The monoisotopic (exact) mass is 610 g/mol. The quantitative estimate of drug-likeness (QED) is 0.185. The number of piperidine rings is 1. The number of fused-ring (bicyclic) bond motifs is 1. The van der Waals surface area contributed by atoms with Crippen molar-refractivity contribution in [2.24, 2.45) is 0 Å². The zero-order valence-electron chi connectivity index (χ0n) is 24.3. The molecule has 0 spiro atoms. The Kier molecular flexibility index (Phi) is 8.29. The van der Waals surface area contributed by atoms with Gasteiger partial charge in [-0.2, -0.15) is 0 Å². The van der Waals surface area contributed by atoms with Gasteiger partial charge in [0.05, 0.1) is 23.3 Å². The number of pyridine rings is 1. The summed E-state index contributed by atoms with van der Waals surface area (Å²) in [6, 6.07) is 15.1. The van der Waals surface area contributed by atoms with Gasteiger partial charge in [0.1, 0.15) is 23.6 Å². The van der Waals surface area contributed by atoms with Crippen molar-refractivity contribution in [2.75, 3.05) is 30.8 Å². The van der Waals surface area contributed by atoms with Gasteiger partial charge in [0.2, 0.25) is 11.8 Å². The predicted octanol–water partition coefficient (Wildman–Crippen LogP) is 6.31. The van der Waals surface area contributed by atoms with Crippen molar-refractivity contribution in [3.05, 3.63) is 90.5 Å². The number of aryl methyl sites for hydroxylation is 1. The smallest absolute Gasteiger partial charge is 0.245 e. The number of hydrogen-bond acceptors (Lipinski definition) is 9. The summed E-state index contributed by atoms with van der Waals surface area (Å²) in [5, 5.41) is 12.6. The number of aromatic nitrogens is 5. The molecule has 44 heavy (non-hydrogen) atoms. The van der Waals surface area contributed by atoms with E-state index in [4.69, 9.17) is 21.1 Å². The van der Waals surface area contributed by atoms with E-state index in [1.807, 2.05) is 42.2 Å². The largest absolute Gasteiger partial charge is 0.495 e. The number of carbonyl (C=O) groups is 1. The molecule has 1 aliphatic heterocycles. The van der Waals surface area contributed by atoms with Crippen molar-refractivity contribution < 1.29 is 14.3 Å².